The van der Waals surface area contributed by atoms with Gasteiger partial charge in [-0.25, -0.2) is 9.97 Å². The normalized spacial score (nSPS) is 10.3. The van der Waals surface area contributed by atoms with Crippen molar-refractivity contribution >= 4 is 17.6 Å². The summed E-state index contributed by atoms with van der Waals surface area (Å²) in [5.41, 5.74) is 2.33. The average molecular weight is 263 g/mol. The van der Waals surface area contributed by atoms with Crippen molar-refractivity contribution < 1.29 is 9.90 Å². The standard InChI is InChI=1S/C13H11ClN2O2/c1-8-6-11(9-2-4-10(14)5-3-9)16-12(15-8)7-13(17)18/h2-6H,7H2,1H3,(H,17,18). The smallest absolute Gasteiger partial charge is 0.311 e. The minimum atomic E-state index is -0.942. The molecule has 0 aliphatic rings. The van der Waals surface area contributed by atoms with E-state index in [-0.39, 0.29) is 6.42 Å². The number of aryl methyl sites for hydroxylation is 1. The van der Waals surface area contributed by atoms with Gasteiger partial charge in [0.1, 0.15) is 12.2 Å². The molecule has 2 aromatic rings. The SMILES string of the molecule is Cc1cc(-c2ccc(Cl)cc2)nc(CC(=O)O)n1. The van der Waals surface area contributed by atoms with E-state index < -0.39 is 5.97 Å². The van der Waals surface area contributed by atoms with E-state index in [1.165, 1.54) is 0 Å². The molecule has 0 saturated carbocycles. The molecule has 0 radical (unpaired) electrons. The van der Waals surface area contributed by atoms with Gasteiger partial charge in [-0.15, -0.1) is 0 Å². The van der Waals surface area contributed by atoms with Crippen LogP contribution in [0, 0.1) is 6.92 Å². The predicted octanol–water partition coefficient (Wildman–Crippen LogP) is 2.73. The van der Waals surface area contributed by atoms with Crippen molar-refractivity contribution in [3.63, 3.8) is 0 Å². The van der Waals surface area contributed by atoms with Crippen LogP contribution in [-0.2, 0) is 11.2 Å². The van der Waals surface area contributed by atoms with E-state index in [0.717, 1.165) is 11.3 Å². The summed E-state index contributed by atoms with van der Waals surface area (Å²) in [6.45, 7) is 1.81. The summed E-state index contributed by atoms with van der Waals surface area (Å²) in [5, 5.41) is 9.41. The third-order valence-corrected chi connectivity index (χ3v) is 2.60. The Morgan fingerprint density at radius 2 is 1.94 bits per heavy atom. The van der Waals surface area contributed by atoms with E-state index in [2.05, 4.69) is 9.97 Å². The van der Waals surface area contributed by atoms with Crippen LogP contribution >= 0.6 is 11.6 Å². The number of hydrogen-bond donors (Lipinski definition) is 1. The molecule has 0 amide bonds. The first-order chi connectivity index (χ1) is 8.54. The Labute approximate surface area is 109 Å². The quantitative estimate of drug-likeness (QED) is 0.924. The minimum absolute atomic E-state index is 0.178. The molecule has 0 bridgehead atoms. The number of nitrogens with zero attached hydrogens (tertiary/aromatic N) is 2. The van der Waals surface area contributed by atoms with Crippen LogP contribution in [0.25, 0.3) is 11.3 Å². The molecule has 0 aliphatic heterocycles. The lowest BCUT2D eigenvalue weighted by atomic mass is 10.1. The van der Waals surface area contributed by atoms with Gasteiger partial charge in [0.2, 0.25) is 0 Å². The van der Waals surface area contributed by atoms with E-state index in [1.54, 1.807) is 12.1 Å². The average Bonchev–Trinajstić information content (AvgIpc) is 2.28. The molecule has 1 aromatic carbocycles. The van der Waals surface area contributed by atoms with Gasteiger partial charge in [0.05, 0.1) is 5.69 Å². The topological polar surface area (TPSA) is 63.1 Å². The largest absolute Gasteiger partial charge is 0.481 e. The van der Waals surface area contributed by atoms with Crippen molar-refractivity contribution in [2.75, 3.05) is 0 Å². The zero-order valence-electron chi connectivity index (χ0n) is 9.72. The van der Waals surface area contributed by atoms with Gasteiger partial charge in [-0.2, -0.15) is 0 Å². The molecular weight excluding hydrogens is 252 g/mol. The van der Waals surface area contributed by atoms with E-state index in [0.29, 0.717) is 16.5 Å². The first kappa shape index (κ1) is 12.5. The van der Waals surface area contributed by atoms with Crippen LogP contribution in [0.1, 0.15) is 11.5 Å². The Kier molecular flexibility index (Phi) is 3.58. The second-order valence-corrected chi connectivity index (χ2v) is 4.32. The molecular formula is C13H11ClN2O2. The number of benzene rings is 1. The van der Waals surface area contributed by atoms with Crippen molar-refractivity contribution in [3.05, 3.63) is 46.9 Å². The predicted molar refractivity (Wildman–Crippen MR) is 68.6 cm³/mol. The Bertz CT molecular complexity index is 582. The fourth-order valence-electron chi connectivity index (χ4n) is 1.61. The maximum absolute atomic E-state index is 10.7. The molecule has 0 aliphatic carbocycles. The second-order valence-electron chi connectivity index (χ2n) is 3.89. The highest BCUT2D eigenvalue weighted by Gasteiger charge is 2.08. The number of carboxylic acid groups (broad SMARTS) is 1. The molecule has 1 aromatic heterocycles. The molecule has 92 valence electrons. The lowest BCUT2D eigenvalue weighted by Gasteiger charge is -2.05. The maximum Gasteiger partial charge on any atom is 0.311 e. The van der Waals surface area contributed by atoms with Gasteiger partial charge in [0, 0.05) is 16.3 Å². The molecule has 0 fully saturated rings. The van der Waals surface area contributed by atoms with E-state index in [1.807, 2.05) is 25.1 Å². The third-order valence-electron chi connectivity index (χ3n) is 2.35. The Balaban J connectivity index is 2.41. The zero-order valence-corrected chi connectivity index (χ0v) is 10.5. The van der Waals surface area contributed by atoms with Crippen LogP contribution < -0.4 is 0 Å². The van der Waals surface area contributed by atoms with Gasteiger partial charge in [-0.3, -0.25) is 4.79 Å². The van der Waals surface area contributed by atoms with Crippen LogP contribution in [0.5, 0.6) is 0 Å². The number of aliphatic carboxylic acids is 1. The van der Waals surface area contributed by atoms with Crippen LogP contribution in [0.2, 0.25) is 5.02 Å². The molecule has 0 saturated heterocycles. The summed E-state index contributed by atoms with van der Waals surface area (Å²) < 4.78 is 0. The number of carboxylic acids is 1. The number of aromatic nitrogens is 2. The maximum atomic E-state index is 10.7. The fraction of sp³-hybridized carbons (Fsp3) is 0.154. The highest BCUT2D eigenvalue weighted by Crippen LogP contribution is 2.20. The lowest BCUT2D eigenvalue weighted by Crippen LogP contribution is -2.06. The monoisotopic (exact) mass is 262 g/mol. The molecule has 0 spiro atoms. The number of hydrogen-bond acceptors (Lipinski definition) is 3. The van der Waals surface area contributed by atoms with Crippen molar-refractivity contribution in [2.45, 2.75) is 13.3 Å². The third kappa shape index (κ3) is 3.05. The van der Waals surface area contributed by atoms with Gasteiger partial charge in [-0.05, 0) is 25.1 Å². The molecule has 5 heteroatoms. The van der Waals surface area contributed by atoms with Crippen molar-refractivity contribution in [2.24, 2.45) is 0 Å². The van der Waals surface area contributed by atoms with Crippen molar-refractivity contribution in [3.8, 4) is 11.3 Å². The molecule has 1 heterocycles. The molecule has 2 rings (SSSR count). The van der Waals surface area contributed by atoms with Crippen LogP contribution in [0.3, 0.4) is 0 Å². The molecule has 0 atom stereocenters. The van der Waals surface area contributed by atoms with Crippen LogP contribution in [0.15, 0.2) is 30.3 Å². The summed E-state index contributed by atoms with van der Waals surface area (Å²) in [4.78, 5) is 19.0. The van der Waals surface area contributed by atoms with Gasteiger partial charge < -0.3 is 5.11 Å². The van der Waals surface area contributed by atoms with E-state index in [4.69, 9.17) is 16.7 Å². The van der Waals surface area contributed by atoms with Crippen LogP contribution in [0.4, 0.5) is 0 Å². The summed E-state index contributed by atoms with van der Waals surface area (Å²) >= 11 is 5.82. The van der Waals surface area contributed by atoms with E-state index in [9.17, 15) is 4.79 Å². The zero-order chi connectivity index (χ0) is 13.1. The summed E-state index contributed by atoms with van der Waals surface area (Å²) in [6, 6.07) is 9.04. The first-order valence-corrected chi connectivity index (χ1v) is 5.74. The van der Waals surface area contributed by atoms with Gasteiger partial charge in [0.25, 0.3) is 0 Å². The van der Waals surface area contributed by atoms with Crippen molar-refractivity contribution in [1.29, 1.82) is 0 Å². The highest BCUT2D eigenvalue weighted by atomic mass is 35.5. The summed E-state index contributed by atoms with van der Waals surface area (Å²) in [7, 11) is 0. The second kappa shape index (κ2) is 5.14. The Hall–Kier alpha value is -1.94. The number of rotatable bonds is 3. The number of carbonyl (C=O) groups is 1. The molecule has 1 N–H and O–H groups in total. The lowest BCUT2D eigenvalue weighted by molar-refractivity contribution is -0.136. The Morgan fingerprint density at radius 1 is 1.28 bits per heavy atom. The van der Waals surface area contributed by atoms with E-state index >= 15 is 0 Å². The molecule has 0 unspecified atom stereocenters. The summed E-state index contributed by atoms with van der Waals surface area (Å²) in [6.07, 6.45) is -0.178. The molecule has 4 nitrogen and oxygen atoms in total. The van der Waals surface area contributed by atoms with Crippen LogP contribution in [-0.4, -0.2) is 21.0 Å². The minimum Gasteiger partial charge on any atom is -0.481 e. The van der Waals surface area contributed by atoms with Gasteiger partial charge in [0.15, 0.2) is 0 Å². The molecule has 18 heavy (non-hydrogen) atoms. The first-order valence-electron chi connectivity index (χ1n) is 5.37. The van der Waals surface area contributed by atoms with Gasteiger partial charge in [-0.1, -0.05) is 23.7 Å². The Morgan fingerprint density at radius 3 is 2.56 bits per heavy atom. The fourth-order valence-corrected chi connectivity index (χ4v) is 1.74. The summed E-state index contributed by atoms with van der Waals surface area (Å²) in [5.74, 6) is -0.630. The highest BCUT2D eigenvalue weighted by molar-refractivity contribution is 6.30. The van der Waals surface area contributed by atoms with Gasteiger partial charge >= 0.3 is 5.97 Å². The number of halogens is 1. The van der Waals surface area contributed by atoms with Crippen molar-refractivity contribution in [1.82, 2.24) is 9.97 Å².